The Kier molecular flexibility index (Phi) is 6.74. The van der Waals surface area contributed by atoms with Gasteiger partial charge in [0.1, 0.15) is 5.82 Å². The summed E-state index contributed by atoms with van der Waals surface area (Å²) in [6.07, 6.45) is 2.41. The molecule has 18 heavy (non-hydrogen) atoms. The Balaban J connectivity index is 2.46. The van der Waals surface area contributed by atoms with Crippen LogP contribution in [0.4, 0.5) is 0 Å². The van der Waals surface area contributed by atoms with E-state index in [-0.39, 0.29) is 5.91 Å². The summed E-state index contributed by atoms with van der Waals surface area (Å²) in [5.74, 6) is 1.76. The maximum Gasteiger partial charge on any atom is 0.219 e. The number of amides is 1. The smallest absolute Gasteiger partial charge is 0.219 e. The largest absolute Gasteiger partial charge is 0.359 e. The van der Waals surface area contributed by atoms with Crippen molar-refractivity contribution in [3.05, 3.63) is 5.82 Å². The highest BCUT2D eigenvalue weighted by molar-refractivity contribution is 7.99. The first-order valence-corrected chi connectivity index (χ1v) is 7.17. The highest BCUT2D eigenvalue weighted by atomic mass is 32.2. The second-order valence-electron chi connectivity index (χ2n) is 3.88. The number of nitrogens with one attached hydrogen (secondary N) is 1. The molecule has 3 N–H and O–H groups in total. The van der Waals surface area contributed by atoms with Gasteiger partial charge in [0.15, 0.2) is 5.16 Å². The van der Waals surface area contributed by atoms with E-state index in [0.29, 0.717) is 13.0 Å². The molecule has 0 fully saturated rings. The number of hydrogen-bond acceptors (Lipinski definition) is 5. The van der Waals surface area contributed by atoms with Gasteiger partial charge in [0.05, 0.1) is 6.54 Å². The van der Waals surface area contributed by atoms with E-state index < -0.39 is 0 Å². The fourth-order valence-corrected chi connectivity index (χ4v) is 2.47. The van der Waals surface area contributed by atoms with E-state index in [1.165, 1.54) is 0 Å². The fourth-order valence-electron chi connectivity index (χ4n) is 1.55. The Morgan fingerprint density at radius 3 is 2.89 bits per heavy atom. The minimum Gasteiger partial charge on any atom is -0.359 e. The minimum atomic E-state index is 0.0771. The molecule has 0 aliphatic rings. The summed E-state index contributed by atoms with van der Waals surface area (Å²) in [6, 6.07) is 0. The lowest BCUT2D eigenvalue weighted by atomic mass is 10.3. The summed E-state index contributed by atoms with van der Waals surface area (Å²) in [5.41, 5.74) is 5.62. The Morgan fingerprint density at radius 2 is 2.28 bits per heavy atom. The molecule has 0 aliphatic carbocycles. The lowest BCUT2D eigenvalue weighted by Crippen LogP contribution is -2.17. The number of rotatable bonds is 8. The Bertz CT molecular complexity index is 380. The SMILES string of the molecule is CCCn1c(CN)nnc1SCCCC(=O)NC. The van der Waals surface area contributed by atoms with Crippen LogP contribution in [0.2, 0.25) is 0 Å². The van der Waals surface area contributed by atoms with Gasteiger partial charge in [-0.25, -0.2) is 0 Å². The molecule has 0 bridgehead atoms. The zero-order chi connectivity index (χ0) is 13.4. The Morgan fingerprint density at radius 1 is 1.50 bits per heavy atom. The lowest BCUT2D eigenvalue weighted by Gasteiger charge is -2.07. The van der Waals surface area contributed by atoms with Crippen LogP contribution in [0.3, 0.4) is 0 Å². The molecule has 102 valence electrons. The fraction of sp³-hybridized carbons (Fsp3) is 0.727. The Labute approximate surface area is 112 Å². The van der Waals surface area contributed by atoms with Crippen LogP contribution in [-0.4, -0.2) is 33.5 Å². The molecule has 0 spiro atoms. The Hall–Kier alpha value is -1.08. The average Bonchev–Trinajstić information content (AvgIpc) is 2.77. The van der Waals surface area contributed by atoms with E-state index >= 15 is 0 Å². The van der Waals surface area contributed by atoms with Crippen LogP contribution in [0.25, 0.3) is 0 Å². The van der Waals surface area contributed by atoms with E-state index in [9.17, 15) is 4.79 Å². The summed E-state index contributed by atoms with van der Waals surface area (Å²) in [4.78, 5) is 11.1. The monoisotopic (exact) mass is 271 g/mol. The molecule has 0 aromatic carbocycles. The lowest BCUT2D eigenvalue weighted by molar-refractivity contribution is -0.120. The predicted octanol–water partition coefficient (Wildman–Crippen LogP) is 0.765. The number of carbonyl (C=O) groups excluding carboxylic acids is 1. The zero-order valence-corrected chi connectivity index (χ0v) is 11.8. The molecule has 7 heteroatoms. The van der Waals surface area contributed by atoms with Crippen LogP contribution < -0.4 is 11.1 Å². The molecular weight excluding hydrogens is 250 g/mol. The molecule has 1 heterocycles. The van der Waals surface area contributed by atoms with Crippen LogP contribution in [0, 0.1) is 0 Å². The highest BCUT2D eigenvalue weighted by Gasteiger charge is 2.10. The van der Waals surface area contributed by atoms with Crippen molar-refractivity contribution in [3.8, 4) is 0 Å². The van der Waals surface area contributed by atoms with Gasteiger partial charge in [0.2, 0.25) is 5.91 Å². The van der Waals surface area contributed by atoms with Gasteiger partial charge in [0, 0.05) is 25.8 Å². The molecule has 1 aromatic heterocycles. The summed E-state index contributed by atoms with van der Waals surface area (Å²) < 4.78 is 2.06. The molecule has 0 aliphatic heterocycles. The van der Waals surface area contributed by atoms with Crippen molar-refractivity contribution in [2.75, 3.05) is 12.8 Å². The van der Waals surface area contributed by atoms with Gasteiger partial charge in [0.25, 0.3) is 0 Å². The summed E-state index contributed by atoms with van der Waals surface area (Å²) in [5, 5.41) is 11.7. The number of thioether (sulfide) groups is 1. The van der Waals surface area contributed by atoms with Gasteiger partial charge in [-0.15, -0.1) is 10.2 Å². The molecule has 1 amide bonds. The van der Waals surface area contributed by atoms with Gasteiger partial charge in [-0.3, -0.25) is 4.79 Å². The molecule has 0 saturated heterocycles. The average molecular weight is 271 g/mol. The number of carbonyl (C=O) groups is 1. The second-order valence-corrected chi connectivity index (χ2v) is 4.94. The maximum atomic E-state index is 11.1. The van der Waals surface area contributed by atoms with Gasteiger partial charge in [-0.1, -0.05) is 18.7 Å². The van der Waals surface area contributed by atoms with E-state index in [1.807, 2.05) is 0 Å². The van der Waals surface area contributed by atoms with Crippen molar-refractivity contribution < 1.29 is 4.79 Å². The molecule has 1 rings (SSSR count). The van der Waals surface area contributed by atoms with Crippen LogP contribution in [0.5, 0.6) is 0 Å². The molecule has 6 nitrogen and oxygen atoms in total. The van der Waals surface area contributed by atoms with Gasteiger partial charge >= 0.3 is 0 Å². The zero-order valence-electron chi connectivity index (χ0n) is 11.0. The molecule has 0 unspecified atom stereocenters. The van der Waals surface area contributed by atoms with Gasteiger partial charge < -0.3 is 15.6 Å². The van der Waals surface area contributed by atoms with Crippen molar-refractivity contribution >= 4 is 17.7 Å². The highest BCUT2D eigenvalue weighted by Crippen LogP contribution is 2.18. The van der Waals surface area contributed by atoms with E-state index in [2.05, 4.69) is 27.0 Å². The standard InChI is InChI=1S/C11H21N5OS/c1-3-6-16-9(8-12)14-15-11(16)18-7-4-5-10(17)13-2/h3-8,12H2,1-2H3,(H,13,17). The topological polar surface area (TPSA) is 85.8 Å². The van der Waals surface area contributed by atoms with E-state index in [1.54, 1.807) is 18.8 Å². The quantitative estimate of drug-likeness (QED) is 0.538. The third-order valence-electron chi connectivity index (χ3n) is 2.48. The summed E-state index contributed by atoms with van der Waals surface area (Å²) >= 11 is 1.63. The number of nitrogens with zero attached hydrogens (tertiary/aromatic N) is 3. The van der Waals surface area contributed by atoms with Crippen LogP contribution >= 0.6 is 11.8 Å². The third kappa shape index (κ3) is 4.30. The summed E-state index contributed by atoms with van der Waals surface area (Å²) in [7, 11) is 1.65. The molecule has 0 radical (unpaired) electrons. The van der Waals surface area contributed by atoms with Crippen LogP contribution in [0.15, 0.2) is 5.16 Å². The van der Waals surface area contributed by atoms with Crippen molar-refractivity contribution in [1.29, 1.82) is 0 Å². The van der Waals surface area contributed by atoms with Crippen LogP contribution in [0.1, 0.15) is 32.0 Å². The molecule has 1 aromatic rings. The molecular formula is C11H21N5OS. The first-order chi connectivity index (χ1) is 8.72. The predicted molar refractivity (Wildman–Crippen MR) is 72.2 cm³/mol. The molecule has 0 atom stereocenters. The number of hydrogen-bond donors (Lipinski definition) is 2. The van der Waals surface area contributed by atoms with Crippen molar-refractivity contribution in [3.63, 3.8) is 0 Å². The summed E-state index contributed by atoms with van der Waals surface area (Å²) in [6.45, 7) is 3.41. The number of nitrogens with two attached hydrogens (primary N) is 1. The first-order valence-electron chi connectivity index (χ1n) is 6.18. The van der Waals surface area contributed by atoms with Crippen molar-refractivity contribution in [2.24, 2.45) is 5.73 Å². The van der Waals surface area contributed by atoms with E-state index in [0.717, 1.165) is 36.1 Å². The first kappa shape index (κ1) is 15.0. The third-order valence-corrected chi connectivity index (χ3v) is 3.53. The van der Waals surface area contributed by atoms with Crippen molar-refractivity contribution in [1.82, 2.24) is 20.1 Å². The molecule has 0 saturated carbocycles. The number of aromatic nitrogens is 3. The maximum absolute atomic E-state index is 11.1. The van der Waals surface area contributed by atoms with E-state index in [4.69, 9.17) is 5.73 Å². The van der Waals surface area contributed by atoms with Gasteiger partial charge in [-0.2, -0.15) is 0 Å². The normalized spacial score (nSPS) is 10.6. The van der Waals surface area contributed by atoms with Crippen LogP contribution in [-0.2, 0) is 17.9 Å². The van der Waals surface area contributed by atoms with Gasteiger partial charge in [-0.05, 0) is 12.8 Å². The minimum absolute atomic E-state index is 0.0771. The second kappa shape index (κ2) is 8.10. The van der Waals surface area contributed by atoms with Crippen molar-refractivity contribution in [2.45, 2.75) is 44.4 Å².